The second-order valence-corrected chi connectivity index (χ2v) is 10.3. The molecule has 2 N–H and O–H groups in total. The molecule has 0 aliphatic heterocycles. The third-order valence-corrected chi connectivity index (χ3v) is 6.54. The minimum atomic E-state index is -0.765. The summed E-state index contributed by atoms with van der Waals surface area (Å²) in [4.78, 5) is 52.8. The van der Waals surface area contributed by atoms with Gasteiger partial charge in [0.05, 0.1) is 31.5 Å². The lowest BCUT2D eigenvalue weighted by atomic mass is 10.1. The Hall–Kier alpha value is -5.00. The van der Waals surface area contributed by atoms with E-state index in [4.69, 9.17) is 4.74 Å². The van der Waals surface area contributed by atoms with Gasteiger partial charge in [-0.05, 0) is 54.3 Å². The van der Waals surface area contributed by atoms with Crippen LogP contribution in [0.5, 0.6) is 5.75 Å². The molecule has 3 aromatic rings. The van der Waals surface area contributed by atoms with Crippen LogP contribution in [0.4, 0.5) is 30.6 Å². The molecule has 0 saturated carbocycles. The quantitative estimate of drug-likeness (QED) is 0.265. The molecular formula is C32H36F2N4O6. The molecule has 44 heavy (non-hydrogen) atoms. The van der Waals surface area contributed by atoms with E-state index in [-0.39, 0.29) is 30.3 Å². The fourth-order valence-electron chi connectivity index (χ4n) is 4.11. The number of benzene rings is 3. The highest BCUT2D eigenvalue weighted by molar-refractivity contribution is 5.99. The topological polar surface area (TPSA) is 117 Å². The number of halogens is 2. The van der Waals surface area contributed by atoms with Crippen LogP contribution in [0.2, 0.25) is 0 Å². The Balaban J connectivity index is 1.69. The van der Waals surface area contributed by atoms with E-state index < -0.39 is 42.1 Å². The second kappa shape index (κ2) is 16.0. The van der Waals surface area contributed by atoms with E-state index in [1.165, 1.54) is 19.1 Å². The zero-order valence-electron chi connectivity index (χ0n) is 25.1. The number of carbonyl (C=O) groups excluding carboxylic acids is 4. The highest BCUT2D eigenvalue weighted by Gasteiger charge is 2.22. The van der Waals surface area contributed by atoms with Crippen molar-refractivity contribution in [2.24, 2.45) is 5.92 Å². The molecule has 0 radical (unpaired) electrons. The molecule has 0 saturated heterocycles. The molecule has 0 fully saturated rings. The van der Waals surface area contributed by atoms with E-state index >= 15 is 0 Å². The number of amides is 4. The van der Waals surface area contributed by atoms with Gasteiger partial charge in [0, 0.05) is 25.3 Å². The van der Waals surface area contributed by atoms with Crippen LogP contribution < -0.4 is 25.2 Å². The third kappa shape index (κ3) is 9.79. The molecule has 0 aliphatic carbocycles. The highest BCUT2D eigenvalue weighted by Crippen LogP contribution is 2.29. The zero-order valence-corrected chi connectivity index (χ0v) is 25.1. The summed E-state index contributed by atoms with van der Waals surface area (Å²) in [6.45, 7) is 3.46. The molecule has 12 heteroatoms. The van der Waals surface area contributed by atoms with Crippen molar-refractivity contribution in [2.75, 3.05) is 49.0 Å². The zero-order chi connectivity index (χ0) is 32.2. The van der Waals surface area contributed by atoms with Gasteiger partial charge in [0.1, 0.15) is 17.4 Å². The van der Waals surface area contributed by atoms with Crippen molar-refractivity contribution in [3.63, 3.8) is 0 Å². The molecule has 0 aromatic heterocycles. The number of rotatable bonds is 13. The summed E-state index contributed by atoms with van der Waals surface area (Å²) in [7, 11) is 2.60. The van der Waals surface area contributed by atoms with Gasteiger partial charge in [0.25, 0.3) is 5.91 Å². The van der Waals surface area contributed by atoms with Crippen LogP contribution in [0.15, 0.2) is 66.7 Å². The monoisotopic (exact) mass is 610 g/mol. The number of nitrogens with one attached hydrogen (secondary N) is 2. The van der Waals surface area contributed by atoms with Crippen molar-refractivity contribution >= 4 is 40.9 Å². The lowest BCUT2D eigenvalue weighted by Crippen LogP contribution is -2.42. The van der Waals surface area contributed by atoms with Gasteiger partial charge >= 0.3 is 12.0 Å². The van der Waals surface area contributed by atoms with Gasteiger partial charge in [-0.2, -0.15) is 0 Å². The van der Waals surface area contributed by atoms with E-state index in [1.54, 1.807) is 48.5 Å². The Kier molecular flexibility index (Phi) is 12.2. The van der Waals surface area contributed by atoms with Gasteiger partial charge in [0.2, 0.25) is 5.91 Å². The summed E-state index contributed by atoms with van der Waals surface area (Å²) in [5.74, 6) is -2.47. The summed E-state index contributed by atoms with van der Waals surface area (Å²) < 4.78 is 38.3. The molecule has 234 valence electrons. The molecule has 3 rings (SSSR count). The number of likely N-dealkylation sites (N-methyl/N-ethyl adjacent to an activating group) is 1. The number of anilines is 3. The number of carbonyl (C=O) groups is 4. The van der Waals surface area contributed by atoms with Gasteiger partial charge < -0.3 is 29.9 Å². The first kappa shape index (κ1) is 33.5. The molecule has 0 atom stereocenters. The number of methoxy groups -OCH3 is 1. The van der Waals surface area contributed by atoms with Gasteiger partial charge in [-0.25, -0.2) is 13.6 Å². The predicted octanol–water partition coefficient (Wildman–Crippen LogP) is 4.92. The van der Waals surface area contributed by atoms with Crippen molar-refractivity contribution in [1.29, 1.82) is 0 Å². The molecule has 4 amide bonds. The first-order valence-corrected chi connectivity index (χ1v) is 13.9. The maximum absolute atomic E-state index is 14.2. The average molecular weight is 611 g/mol. The van der Waals surface area contributed by atoms with Crippen LogP contribution in [0.1, 0.15) is 25.8 Å². The molecule has 3 aromatic carbocycles. The number of ether oxygens (including phenoxy) is 2. The van der Waals surface area contributed by atoms with Crippen LogP contribution in [-0.2, 0) is 25.5 Å². The summed E-state index contributed by atoms with van der Waals surface area (Å²) in [6, 6.07) is 15.5. The van der Waals surface area contributed by atoms with Gasteiger partial charge in [-0.3, -0.25) is 14.4 Å². The first-order chi connectivity index (χ1) is 21.0. The Labute approximate surface area is 254 Å². The van der Waals surface area contributed by atoms with E-state index in [0.717, 1.165) is 23.1 Å². The van der Waals surface area contributed by atoms with Crippen molar-refractivity contribution in [3.8, 4) is 5.75 Å². The van der Waals surface area contributed by atoms with Crippen molar-refractivity contribution in [2.45, 2.75) is 26.7 Å². The minimum absolute atomic E-state index is 0.0436. The molecule has 0 spiro atoms. The summed E-state index contributed by atoms with van der Waals surface area (Å²) in [6.07, 6.45) is 0.682. The van der Waals surface area contributed by atoms with E-state index in [2.05, 4.69) is 15.4 Å². The van der Waals surface area contributed by atoms with Crippen LogP contribution in [0, 0.1) is 17.6 Å². The standard InChI is InChI=1S/C32H36F2N4O6/c1-21(2)14-15-38(29(39)19-35-32(42)36-24-9-7-8-22(16-24)17-31(41)43-4)26-10-5-6-11-28(26)44-20-30(40)37(3)27-18-23(33)12-13-25(27)34/h5-13,16,18,21H,14-15,17,19-20H2,1-4H3,(H2,35,36,42). The first-order valence-electron chi connectivity index (χ1n) is 13.9. The molecular weight excluding hydrogens is 574 g/mol. The summed E-state index contributed by atoms with van der Waals surface area (Å²) in [5, 5.41) is 5.20. The van der Waals surface area contributed by atoms with E-state index in [1.807, 2.05) is 13.8 Å². The SMILES string of the molecule is COC(=O)Cc1cccc(NC(=O)NCC(=O)N(CCC(C)C)c2ccccc2OCC(=O)N(C)c2cc(F)ccc2F)c1. The number of hydrogen-bond acceptors (Lipinski definition) is 6. The molecule has 0 heterocycles. The van der Waals surface area contributed by atoms with E-state index in [0.29, 0.717) is 29.9 Å². The van der Waals surface area contributed by atoms with Crippen LogP contribution in [0.3, 0.4) is 0 Å². The normalized spacial score (nSPS) is 10.6. The van der Waals surface area contributed by atoms with Crippen LogP contribution >= 0.6 is 0 Å². The van der Waals surface area contributed by atoms with Crippen molar-refractivity contribution in [1.82, 2.24) is 5.32 Å². The average Bonchev–Trinajstić information content (AvgIpc) is 3.00. The predicted molar refractivity (Wildman–Crippen MR) is 163 cm³/mol. The second-order valence-electron chi connectivity index (χ2n) is 10.3. The molecule has 0 unspecified atom stereocenters. The summed E-state index contributed by atoms with van der Waals surface area (Å²) in [5.41, 5.74) is 1.22. The highest BCUT2D eigenvalue weighted by atomic mass is 19.1. The summed E-state index contributed by atoms with van der Waals surface area (Å²) >= 11 is 0. The maximum atomic E-state index is 14.2. The number of urea groups is 1. The Morgan fingerprint density at radius 1 is 0.909 bits per heavy atom. The number of esters is 1. The number of para-hydroxylation sites is 2. The third-order valence-electron chi connectivity index (χ3n) is 6.54. The molecule has 0 aliphatic rings. The fraction of sp³-hybridized carbons (Fsp3) is 0.312. The van der Waals surface area contributed by atoms with Crippen molar-refractivity contribution in [3.05, 3.63) is 83.9 Å². The minimum Gasteiger partial charge on any atom is -0.482 e. The Morgan fingerprint density at radius 2 is 1.66 bits per heavy atom. The Morgan fingerprint density at radius 3 is 2.39 bits per heavy atom. The molecule has 0 bridgehead atoms. The largest absolute Gasteiger partial charge is 0.482 e. The van der Waals surface area contributed by atoms with Crippen LogP contribution in [0.25, 0.3) is 0 Å². The lowest BCUT2D eigenvalue weighted by Gasteiger charge is -2.26. The number of nitrogens with zero attached hydrogens (tertiary/aromatic N) is 2. The Bertz CT molecular complexity index is 1480. The van der Waals surface area contributed by atoms with Crippen LogP contribution in [-0.4, -0.2) is 57.7 Å². The molecule has 10 nitrogen and oxygen atoms in total. The number of hydrogen-bond donors (Lipinski definition) is 2. The smallest absolute Gasteiger partial charge is 0.319 e. The van der Waals surface area contributed by atoms with Crippen molar-refractivity contribution < 1.29 is 37.4 Å². The van der Waals surface area contributed by atoms with Gasteiger partial charge in [-0.1, -0.05) is 38.1 Å². The van der Waals surface area contributed by atoms with Gasteiger partial charge in [0.15, 0.2) is 6.61 Å². The lowest BCUT2D eigenvalue weighted by molar-refractivity contribution is -0.139. The van der Waals surface area contributed by atoms with E-state index in [9.17, 15) is 28.0 Å². The maximum Gasteiger partial charge on any atom is 0.319 e. The fourth-order valence-corrected chi connectivity index (χ4v) is 4.11. The van der Waals surface area contributed by atoms with Gasteiger partial charge in [-0.15, -0.1) is 0 Å².